The van der Waals surface area contributed by atoms with Crippen molar-refractivity contribution in [2.45, 2.75) is 31.7 Å². The molecule has 10 heteroatoms. The number of imide groups is 1. The number of nitrogens with zero attached hydrogens (tertiary/aromatic N) is 2. The van der Waals surface area contributed by atoms with E-state index in [-0.39, 0.29) is 13.0 Å². The molecule has 2 aliphatic heterocycles. The number of phenols is 1. The van der Waals surface area contributed by atoms with Crippen LogP contribution in [-0.4, -0.2) is 57.9 Å². The van der Waals surface area contributed by atoms with E-state index in [1.54, 1.807) is 0 Å². The number of fused-ring (bicyclic) bond motifs is 1. The number of carbonyl (C=O) groups is 3. The van der Waals surface area contributed by atoms with Crippen LogP contribution in [0.4, 0.5) is 14.9 Å². The number of amides is 3. The van der Waals surface area contributed by atoms with Crippen LogP contribution < -0.4 is 10.6 Å². The van der Waals surface area contributed by atoms with Gasteiger partial charge in [0.2, 0.25) is 0 Å². The van der Waals surface area contributed by atoms with Gasteiger partial charge < -0.3 is 19.8 Å². The van der Waals surface area contributed by atoms with Crippen LogP contribution >= 0.6 is 0 Å². The van der Waals surface area contributed by atoms with Gasteiger partial charge in [0.15, 0.2) is 5.82 Å². The van der Waals surface area contributed by atoms with Crippen LogP contribution in [0, 0.1) is 5.82 Å². The summed E-state index contributed by atoms with van der Waals surface area (Å²) in [6, 6.07) is -0.201. The van der Waals surface area contributed by atoms with Gasteiger partial charge in [0.1, 0.15) is 23.6 Å². The fourth-order valence-corrected chi connectivity index (χ4v) is 2.97. The first-order valence-electron chi connectivity index (χ1n) is 7.52. The van der Waals surface area contributed by atoms with Crippen LogP contribution in [0.5, 0.6) is 5.75 Å². The van der Waals surface area contributed by atoms with Crippen LogP contribution in [0.3, 0.4) is 0 Å². The number of rotatable bonds is 3. The molecule has 134 valence electrons. The van der Waals surface area contributed by atoms with Crippen LogP contribution in [-0.2, 0) is 9.53 Å². The molecule has 9 nitrogen and oxygen atoms in total. The van der Waals surface area contributed by atoms with Gasteiger partial charge in [-0.2, -0.15) is 0 Å². The highest BCUT2D eigenvalue weighted by Gasteiger charge is 2.51. The summed E-state index contributed by atoms with van der Waals surface area (Å²) in [5.74, 6) is -3.50. The molecule has 3 rings (SSSR count). The Balaban J connectivity index is 1.99. The molecule has 1 aromatic carbocycles. The quantitative estimate of drug-likeness (QED) is 0.392. The van der Waals surface area contributed by atoms with Crippen LogP contribution in [0.2, 0.25) is 0 Å². The van der Waals surface area contributed by atoms with Gasteiger partial charge in [-0.3, -0.25) is 10.5 Å². The topological polar surface area (TPSA) is 133 Å². The van der Waals surface area contributed by atoms with Crippen molar-refractivity contribution >= 4 is 23.6 Å². The van der Waals surface area contributed by atoms with E-state index in [4.69, 9.17) is 10.5 Å². The molecule has 0 aromatic heterocycles. The third-order valence-electron chi connectivity index (χ3n) is 4.04. The van der Waals surface area contributed by atoms with Gasteiger partial charge in [0.25, 0.3) is 5.91 Å². The predicted octanol–water partition coefficient (Wildman–Crippen LogP) is -0.105. The molecule has 2 aliphatic rings. The fourth-order valence-electron chi connectivity index (χ4n) is 2.97. The highest BCUT2D eigenvalue weighted by Crippen LogP contribution is 2.35. The number of ether oxygens (including phenoxy) is 1. The number of nitrogens with two attached hydrogens (primary N) is 1. The molecule has 2 heterocycles. The maximum atomic E-state index is 14.3. The molecular formula is C15H16FN3O6. The highest BCUT2D eigenvalue weighted by atomic mass is 19.1. The minimum absolute atomic E-state index is 0.0367. The first-order chi connectivity index (χ1) is 11.7. The molecule has 1 unspecified atom stereocenters. The molecule has 0 bridgehead atoms. The van der Waals surface area contributed by atoms with Crippen molar-refractivity contribution in [1.82, 2.24) is 4.90 Å². The Morgan fingerprint density at radius 2 is 2.12 bits per heavy atom. The van der Waals surface area contributed by atoms with Crippen molar-refractivity contribution in [2.24, 2.45) is 5.73 Å². The molecule has 0 aliphatic carbocycles. The van der Waals surface area contributed by atoms with Crippen molar-refractivity contribution < 1.29 is 33.7 Å². The number of aliphatic hydroxyl groups is 1. The van der Waals surface area contributed by atoms with Gasteiger partial charge in [-0.05, 0) is 13.0 Å². The molecule has 0 saturated carbocycles. The fraction of sp³-hybridized carbons (Fsp3) is 0.400. The molecule has 1 aromatic rings. The summed E-state index contributed by atoms with van der Waals surface area (Å²) in [7, 11) is 0. The zero-order valence-electron chi connectivity index (χ0n) is 13.2. The SMILES string of the molecule is CC(N)OC(=O)c1cc(N2C(=O)[C@H]3C[C@H](O)CN3C2=O)c(F)cc1O. The smallest absolute Gasteiger partial charge is 0.343 e. The van der Waals surface area contributed by atoms with Gasteiger partial charge in [0, 0.05) is 19.0 Å². The number of urea groups is 1. The van der Waals surface area contributed by atoms with E-state index in [9.17, 15) is 29.0 Å². The van der Waals surface area contributed by atoms with E-state index in [0.717, 1.165) is 11.0 Å². The van der Waals surface area contributed by atoms with Crippen molar-refractivity contribution in [3.05, 3.63) is 23.5 Å². The van der Waals surface area contributed by atoms with Crippen molar-refractivity contribution in [2.75, 3.05) is 11.4 Å². The number of carbonyl (C=O) groups excluding carboxylic acids is 3. The standard InChI is InChI=1S/C15H16FN3O6/c1-6(17)25-14(23)8-3-10(9(16)4-12(8)21)19-13(22)11-2-7(20)5-18(11)15(19)24/h3-4,6-7,11,20-21H,2,5,17H2,1H3/t6?,7-,11+/m0/s1. The second kappa shape index (κ2) is 5.97. The molecule has 3 amide bonds. The van der Waals surface area contributed by atoms with E-state index in [1.807, 2.05) is 0 Å². The molecule has 0 radical (unpaired) electrons. The Morgan fingerprint density at radius 3 is 2.72 bits per heavy atom. The van der Waals surface area contributed by atoms with E-state index in [2.05, 4.69) is 0 Å². The lowest BCUT2D eigenvalue weighted by Crippen LogP contribution is -2.35. The van der Waals surface area contributed by atoms with E-state index >= 15 is 0 Å². The van der Waals surface area contributed by atoms with E-state index in [1.165, 1.54) is 6.92 Å². The summed E-state index contributed by atoms with van der Waals surface area (Å²) in [6.45, 7) is 1.34. The third-order valence-corrected chi connectivity index (χ3v) is 4.04. The summed E-state index contributed by atoms with van der Waals surface area (Å²) in [4.78, 5) is 38.5. The number of phenolic OH excluding ortho intramolecular Hbond substituents is 1. The Labute approximate surface area is 141 Å². The number of halogens is 1. The summed E-state index contributed by atoms with van der Waals surface area (Å²) in [5, 5.41) is 19.3. The molecule has 2 fully saturated rings. The van der Waals surface area contributed by atoms with Gasteiger partial charge in [-0.1, -0.05) is 0 Å². The summed E-state index contributed by atoms with van der Waals surface area (Å²) in [5.41, 5.74) is 4.43. The first-order valence-corrected chi connectivity index (χ1v) is 7.52. The maximum absolute atomic E-state index is 14.3. The molecule has 3 atom stereocenters. The normalized spacial score (nSPS) is 23.8. The second-order valence-corrected chi connectivity index (χ2v) is 5.95. The van der Waals surface area contributed by atoms with Crippen molar-refractivity contribution in [1.29, 1.82) is 0 Å². The lowest BCUT2D eigenvalue weighted by molar-refractivity contribution is -0.119. The number of hydrogen-bond acceptors (Lipinski definition) is 7. The Morgan fingerprint density at radius 1 is 1.44 bits per heavy atom. The highest BCUT2D eigenvalue weighted by molar-refractivity contribution is 6.22. The van der Waals surface area contributed by atoms with Gasteiger partial charge in [-0.15, -0.1) is 0 Å². The van der Waals surface area contributed by atoms with E-state index < -0.39 is 59.1 Å². The number of anilines is 1. The number of aliphatic hydroxyl groups excluding tert-OH is 1. The predicted molar refractivity (Wildman–Crippen MR) is 81.1 cm³/mol. The Bertz CT molecular complexity index is 744. The van der Waals surface area contributed by atoms with E-state index in [0.29, 0.717) is 11.0 Å². The van der Waals surface area contributed by atoms with Crippen LogP contribution in [0.1, 0.15) is 23.7 Å². The van der Waals surface area contributed by atoms with Gasteiger partial charge >= 0.3 is 12.0 Å². The summed E-state index contributed by atoms with van der Waals surface area (Å²) < 4.78 is 19.0. The van der Waals surface area contributed by atoms with Crippen molar-refractivity contribution in [3.8, 4) is 5.75 Å². The Kier molecular flexibility index (Phi) is 4.09. The summed E-state index contributed by atoms with van der Waals surface area (Å²) >= 11 is 0. The monoisotopic (exact) mass is 353 g/mol. The largest absolute Gasteiger partial charge is 0.507 e. The third kappa shape index (κ3) is 2.79. The van der Waals surface area contributed by atoms with Gasteiger partial charge in [-0.25, -0.2) is 18.9 Å². The van der Waals surface area contributed by atoms with Crippen LogP contribution in [0.25, 0.3) is 0 Å². The molecule has 4 N–H and O–H groups in total. The molecule has 0 spiro atoms. The van der Waals surface area contributed by atoms with Crippen molar-refractivity contribution in [3.63, 3.8) is 0 Å². The number of esters is 1. The average Bonchev–Trinajstić information content (AvgIpc) is 2.98. The molecule has 2 saturated heterocycles. The lowest BCUT2D eigenvalue weighted by Gasteiger charge is -2.18. The maximum Gasteiger partial charge on any atom is 0.343 e. The zero-order valence-corrected chi connectivity index (χ0v) is 13.2. The average molecular weight is 353 g/mol. The second-order valence-electron chi connectivity index (χ2n) is 5.95. The first kappa shape index (κ1) is 17.1. The molecule has 25 heavy (non-hydrogen) atoms. The minimum Gasteiger partial charge on any atom is -0.507 e. The zero-order chi connectivity index (χ0) is 18.5. The lowest BCUT2D eigenvalue weighted by atomic mass is 10.1. The number of aromatic hydroxyl groups is 1. The number of benzene rings is 1. The van der Waals surface area contributed by atoms with Gasteiger partial charge in [0.05, 0.1) is 11.8 Å². The van der Waals surface area contributed by atoms with Crippen LogP contribution in [0.15, 0.2) is 12.1 Å². The minimum atomic E-state index is -1.06. The summed E-state index contributed by atoms with van der Waals surface area (Å²) in [6.07, 6.45) is -1.73. The molecular weight excluding hydrogens is 337 g/mol. The Hall–Kier alpha value is -2.72. The number of hydrogen-bond donors (Lipinski definition) is 3.